The van der Waals surface area contributed by atoms with E-state index >= 15 is 0 Å². The van der Waals surface area contributed by atoms with E-state index < -0.39 is 23.6 Å². The fourth-order valence-electron chi connectivity index (χ4n) is 3.94. The summed E-state index contributed by atoms with van der Waals surface area (Å²) in [6, 6.07) is 17.4. The zero-order valence-electron chi connectivity index (χ0n) is 20.5. The van der Waals surface area contributed by atoms with Gasteiger partial charge in [-0.15, -0.1) is 0 Å². The van der Waals surface area contributed by atoms with E-state index in [1.807, 2.05) is 18.3 Å². The molecule has 0 aliphatic rings. The van der Waals surface area contributed by atoms with Crippen LogP contribution in [0.25, 0.3) is 11.1 Å². The van der Waals surface area contributed by atoms with Gasteiger partial charge in [0.05, 0.1) is 29.3 Å². The first-order valence-corrected chi connectivity index (χ1v) is 11.9. The summed E-state index contributed by atoms with van der Waals surface area (Å²) < 4.78 is 41.7. The Morgan fingerprint density at radius 3 is 2.50 bits per heavy atom. The smallest absolute Gasteiger partial charge is 0.315 e. The predicted molar refractivity (Wildman–Crippen MR) is 137 cm³/mol. The van der Waals surface area contributed by atoms with Crippen LogP contribution in [-0.4, -0.2) is 33.8 Å². The molecule has 2 N–H and O–H groups in total. The van der Waals surface area contributed by atoms with Crippen LogP contribution in [0.1, 0.15) is 28.2 Å². The molecule has 0 fully saturated rings. The van der Waals surface area contributed by atoms with Crippen LogP contribution >= 0.6 is 0 Å². The first kappa shape index (κ1) is 26.6. The molecule has 0 saturated carbocycles. The lowest BCUT2D eigenvalue weighted by molar-refractivity contribution is -0.137. The number of benzene rings is 2. The Bertz CT molecular complexity index is 1420. The minimum atomic E-state index is -4.52. The molecule has 4 aromatic rings. The Morgan fingerprint density at radius 1 is 1.08 bits per heavy atom. The molecule has 1 atom stereocenters. The van der Waals surface area contributed by atoms with Crippen LogP contribution in [0.15, 0.2) is 79.3 Å². The fraction of sp³-hybridized carbons (Fsp3) is 0.214. The average Bonchev–Trinajstić information content (AvgIpc) is 3.35. The van der Waals surface area contributed by atoms with Gasteiger partial charge in [-0.05, 0) is 54.4 Å². The molecular weight excluding hydrogens is 493 g/mol. The Morgan fingerprint density at radius 2 is 1.87 bits per heavy atom. The van der Waals surface area contributed by atoms with Crippen LogP contribution < -0.4 is 10.6 Å². The summed E-state index contributed by atoms with van der Waals surface area (Å²) in [7, 11) is 1.80. The van der Waals surface area contributed by atoms with Gasteiger partial charge in [-0.2, -0.15) is 23.5 Å². The maximum atomic E-state index is 13.4. The van der Waals surface area contributed by atoms with Gasteiger partial charge in [0.2, 0.25) is 5.91 Å². The van der Waals surface area contributed by atoms with Crippen molar-refractivity contribution in [1.82, 2.24) is 20.1 Å². The number of aryl methyl sites for hydroxylation is 1. The highest BCUT2D eigenvalue weighted by molar-refractivity contribution is 5.95. The number of nitrogens with one attached hydrogen (secondary N) is 2. The molecule has 38 heavy (non-hydrogen) atoms. The van der Waals surface area contributed by atoms with E-state index in [1.54, 1.807) is 48.4 Å². The zero-order chi connectivity index (χ0) is 27.1. The van der Waals surface area contributed by atoms with Gasteiger partial charge in [0, 0.05) is 37.1 Å². The van der Waals surface area contributed by atoms with E-state index in [-0.39, 0.29) is 17.9 Å². The molecular formula is C28H25F3N6O. The number of carbonyl (C=O) groups is 1. The largest absolute Gasteiger partial charge is 0.416 e. The van der Waals surface area contributed by atoms with Gasteiger partial charge in [0.1, 0.15) is 5.82 Å². The topological polar surface area (TPSA) is 95.6 Å². The number of pyridine rings is 1. The summed E-state index contributed by atoms with van der Waals surface area (Å²) in [4.78, 5) is 17.5. The summed E-state index contributed by atoms with van der Waals surface area (Å²) in [5.41, 5.74) is 2.67. The number of halogens is 3. The Labute approximate surface area is 217 Å². The van der Waals surface area contributed by atoms with Crippen LogP contribution in [0.5, 0.6) is 0 Å². The minimum Gasteiger partial charge on any atom is -0.315 e. The van der Waals surface area contributed by atoms with Gasteiger partial charge in [-0.25, -0.2) is 4.98 Å². The van der Waals surface area contributed by atoms with Crippen LogP contribution in [-0.2, 0) is 24.4 Å². The predicted octanol–water partition coefficient (Wildman–Crippen LogP) is 4.93. The van der Waals surface area contributed by atoms with Crippen molar-refractivity contribution in [3.8, 4) is 17.2 Å². The fourth-order valence-corrected chi connectivity index (χ4v) is 3.94. The van der Waals surface area contributed by atoms with Crippen LogP contribution in [0, 0.1) is 11.3 Å². The number of rotatable bonds is 9. The number of hydrogen-bond donors (Lipinski definition) is 2. The lowest BCUT2D eigenvalue weighted by atomic mass is 9.95. The second-order valence-corrected chi connectivity index (χ2v) is 8.76. The zero-order valence-corrected chi connectivity index (χ0v) is 20.5. The van der Waals surface area contributed by atoms with Crippen LogP contribution in [0.4, 0.5) is 19.0 Å². The monoisotopic (exact) mass is 518 g/mol. The summed E-state index contributed by atoms with van der Waals surface area (Å²) in [6.07, 6.45) is 1.23. The maximum Gasteiger partial charge on any atom is 0.416 e. The lowest BCUT2D eigenvalue weighted by Gasteiger charge is -2.19. The molecule has 4 rings (SSSR count). The third kappa shape index (κ3) is 6.83. The SMILES string of the molecule is Cn1cc(-c2ccc(NC(=O)C(CNCCc3ccc(C#N)cc3)c3cccc(C(F)(F)F)c3)nc2)cn1. The summed E-state index contributed by atoms with van der Waals surface area (Å²) in [5, 5.41) is 19.0. The van der Waals surface area contributed by atoms with Gasteiger partial charge >= 0.3 is 6.18 Å². The van der Waals surface area contributed by atoms with Gasteiger partial charge in [-0.1, -0.05) is 30.3 Å². The van der Waals surface area contributed by atoms with Gasteiger partial charge in [0.25, 0.3) is 0 Å². The molecule has 0 radical (unpaired) electrons. The van der Waals surface area contributed by atoms with Crippen molar-refractivity contribution in [1.29, 1.82) is 5.26 Å². The number of nitriles is 1. The van der Waals surface area contributed by atoms with E-state index in [2.05, 4.69) is 26.8 Å². The van der Waals surface area contributed by atoms with Crippen LogP contribution in [0.2, 0.25) is 0 Å². The van der Waals surface area contributed by atoms with Crippen molar-refractivity contribution in [2.45, 2.75) is 18.5 Å². The van der Waals surface area contributed by atoms with E-state index in [0.717, 1.165) is 28.8 Å². The third-order valence-corrected chi connectivity index (χ3v) is 6.01. The number of aromatic nitrogens is 3. The molecule has 0 spiro atoms. The van der Waals surface area contributed by atoms with Crippen molar-refractivity contribution in [2.75, 3.05) is 18.4 Å². The van der Waals surface area contributed by atoms with Crippen molar-refractivity contribution >= 4 is 11.7 Å². The highest BCUT2D eigenvalue weighted by atomic mass is 19.4. The molecule has 1 unspecified atom stereocenters. The first-order valence-electron chi connectivity index (χ1n) is 11.9. The number of amides is 1. The van der Waals surface area contributed by atoms with Crippen molar-refractivity contribution in [3.05, 3.63) is 102 Å². The molecule has 0 saturated heterocycles. The van der Waals surface area contributed by atoms with E-state index in [9.17, 15) is 18.0 Å². The van der Waals surface area contributed by atoms with Crippen molar-refractivity contribution in [3.63, 3.8) is 0 Å². The summed E-state index contributed by atoms with van der Waals surface area (Å²) in [5.74, 6) is -1.08. The van der Waals surface area contributed by atoms with Crippen molar-refractivity contribution in [2.24, 2.45) is 7.05 Å². The molecule has 0 aliphatic carbocycles. The molecule has 2 heterocycles. The van der Waals surface area contributed by atoms with E-state index in [4.69, 9.17) is 5.26 Å². The summed E-state index contributed by atoms with van der Waals surface area (Å²) >= 11 is 0. The minimum absolute atomic E-state index is 0.122. The quantitative estimate of drug-likeness (QED) is 0.307. The number of nitrogens with zero attached hydrogens (tertiary/aromatic N) is 4. The molecule has 7 nitrogen and oxygen atoms in total. The van der Waals surface area contributed by atoms with E-state index in [0.29, 0.717) is 18.5 Å². The molecule has 10 heteroatoms. The van der Waals surface area contributed by atoms with Gasteiger partial charge in [0.15, 0.2) is 0 Å². The summed E-state index contributed by atoms with van der Waals surface area (Å²) in [6.45, 7) is 0.615. The number of carbonyl (C=O) groups excluding carboxylic acids is 1. The standard InChI is InChI=1S/C28H25F3N6O/c1-37-18-23(16-35-37)22-9-10-26(34-15-22)36-27(38)25(21-3-2-4-24(13-21)28(29,30)31)17-33-12-11-19-5-7-20(14-32)8-6-19/h2-10,13,15-16,18,25,33H,11-12,17H2,1H3,(H,34,36,38). The molecule has 2 aromatic carbocycles. The highest BCUT2D eigenvalue weighted by Crippen LogP contribution is 2.31. The Kier molecular flexibility index (Phi) is 8.19. The molecule has 1 amide bonds. The second kappa shape index (κ2) is 11.7. The Balaban J connectivity index is 1.47. The maximum absolute atomic E-state index is 13.4. The highest BCUT2D eigenvalue weighted by Gasteiger charge is 2.32. The van der Waals surface area contributed by atoms with Gasteiger partial charge < -0.3 is 10.6 Å². The van der Waals surface area contributed by atoms with Crippen LogP contribution in [0.3, 0.4) is 0 Å². The molecule has 0 bridgehead atoms. The first-order chi connectivity index (χ1) is 18.2. The lowest BCUT2D eigenvalue weighted by Crippen LogP contribution is -2.32. The Hall–Kier alpha value is -4.49. The number of anilines is 1. The second-order valence-electron chi connectivity index (χ2n) is 8.76. The molecule has 194 valence electrons. The number of alkyl halides is 3. The van der Waals surface area contributed by atoms with Crippen molar-refractivity contribution < 1.29 is 18.0 Å². The van der Waals surface area contributed by atoms with Gasteiger partial charge in [-0.3, -0.25) is 9.48 Å². The molecule has 2 aromatic heterocycles. The third-order valence-electron chi connectivity index (χ3n) is 6.01. The van der Waals surface area contributed by atoms with E-state index in [1.165, 1.54) is 12.1 Å². The molecule has 0 aliphatic heterocycles. The average molecular weight is 519 g/mol. The number of hydrogen-bond acceptors (Lipinski definition) is 5. The normalized spacial score (nSPS) is 12.1.